The van der Waals surface area contributed by atoms with E-state index < -0.39 is 0 Å². The van der Waals surface area contributed by atoms with Crippen molar-refractivity contribution in [1.82, 2.24) is 0 Å². The maximum atomic E-state index is 6.39. The van der Waals surface area contributed by atoms with Crippen LogP contribution in [-0.2, 0) is 0 Å². The molecule has 0 N–H and O–H groups in total. The summed E-state index contributed by atoms with van der Waals surface area (Å²) >= 11 is 3.59. The first-order chi connectivity index (χ1) is 13.6. The summed E-state index contributed by atoms with van der Waals surface area (Å²) in [6.45, 7) is 0. The number of hydrogen-bond donors (Lipinski definition) is 0. The molecule has 1 heterocycles. The highest BCUT2D eigenvalue weighted by Gasteiger charge is 2.37. The van der Waals surface area contributed by atoms with E-state index in [-0.39, 0.29) is 12.0 Å². The second-order valence-electron chi connectivity index (χ2n) is 6.62. The standard InChI is InChI=1S/C23H21BrO4/c1-25-17-7-4-14(5-8-17)23-22(20-12-16(24)6-9-21(20)28-23)15-10-18(26-2)13-19(11-15)27-3/h4-13,22-23H,1-3H3. The molecule has 0 spiro atoms. The van der Waals surface area contributed by atoms with Gasteiger partial charge in [-0.05, 0) is 53.6 Å². The molecule has 5 heteroatoms. The van der Waals surface area contributed by atoms with Crippen LogP contribution in [0.2, 0.25) is 0 Å². The molecule has 28 heavy (non-hydrogen) atoms. The lowest BCUT2D eigenvalue weighted by molar-refractivity contribution is 0.222. The van der Waals surface area contributed by atoms with Gasteiger partial charge < -0.3 is 18.9 Å². The van der Waals surface area contributed by atoms with E-state index in [0.717, 1.165) is 44.2 Å². The SMILES string of the molecule is COc1ccc(C2Oc3ccc(Br)cc3C2c2cc(OC)cc(OC)c2)cc1. The fourth-order valence-corrected chi connectivity index (χ4v) is 4.03. The molecule has 0 aliphatic carbocycles. The normalized spacial score (nSPS) is 17.6. The van der Waals surface area contributed by atoms with Gasteiger partial charge in [-0.15, -0.1) is 0 Å². The smallest absolute Gasteiger partial charge is 0.135 e. The van der Waals surface area contributed by atoms with Crippen molar-refractivity contribution in [2.75, 3.05) is 21.3 Å². The first-order valence-electron chi connectivity index (χ1n) is 8.96. The zero-order valence-corrected chi connectivity index (χ0v) is 17.5. The summed E-state index contributed by atoms with van der Waals surface area (Å²) < 4.78 is 23.7. The van der Waals surface area contributed by atoms with Crippen molar-refractivity contribution >= 4 is 15.9 Å². The Labute approximate surface area is 173 Å². The number of rotatable bonds is 5. The fraction of sp³-hybridized carbons (Fsp3) is 0.217. The van der Waals surface area contributed by atoms with Gasteiger partial charge in [0.15, 0.2) is 0 Å². The van der Waals surface area contributed by atoms with Crippen molar-refractivity contribution in [2.45, 2.75) is 12.0 Å². The molecule has 1 aliphatic rings. The Morgan fingerprint density at radius 1 is 0.714 bits per heavy atom. The summed E-state index contributed by atoms with van der Waals surface area (Å²) in [7, 11) is 4.99. The Kier molecular flexibility index (Phi) is 5.18. The minimum atomic E-state index is -0.160. The van der Waals surface area contributed by atoms with Crippen LogP contribution >= 0.6 is 15.9 Å². The van der Waals surface area contributed by atoms with Crippen LogP contribution in [0.3, 0.4) is 0 Å². The van der Waals surface area contributed by atoms with Crippen LogP contribution in [0.25, 0.3) is 0 Å². The van der Waals surface area contributed by atoms with Gasteiger partial charge >= 0.3 is 0 Å². The number of hydrogen-bond acceptors (Lipinski definition) is 4. The number of fused-ring (bicyclic) bond motifs is 1. The van der Waals surface area contributed by atoms with Crippen molar-refractivity contribution in [3.05, 3.63) is 81.8 Å². The van der Waals surface area contributed by atoms with E-state index in [0.29, 0.717) is 0 Å². The molecule has 2 unspecified atom stereocenters. The van der Waals surface area contributed by atoms with E-state index in [1.807, 2.05) is 42.5 Å². The fourth-order valence-electron chi connectivity index (χ4n) is 3.66. The lowest BCUT2D eigenvalue weighted by Gasteiger charge is -2.21. The third-order valence-corrected chi connectivity index (χ3v) is 5.53. The highest BCUT2D eigenvalue weighted by Crippen LogP contribution is 2.51. The zero-order valence-electron chi connectivity index (χ0n) is 15.9. The molecule has 0 saturated carbocycles. The summed E-state index contributed by atoms with van der Waals surface area (Å²) in [5.41, 5.74) is 3.29. The Morgan fingerprint density at radius 2 is 1.36 bits per heavy atom. The van der Waals surface area contributed by atoms with Crippen LogP contribution in [0.4, 0.5) is 0 Å². The van der Waals surface area contributed by atoms with Crippen LogP contribution < -0.4 is 18.9 Å². The largest absolute Gasteiger partial charge is 0.497 e. The van der Waals surface area contributed by atoms with E-state index in [2.05, 4.69) is 34.1 Å². The minimum Gasteiger partial charge on any atom is -0.497 e. The Hall–Kier alpha value is -2.66. The van der Waals surface area contributed by atoms with Crippen LogP contribution in [0, 0.1) is 0 Å². The summed E-state index contributed by atoms with van der Waals surface area (Å²) in [6.07, 6.45) is -0.160. The predicted molar refractivity (Wildman–Crippen MR) is 112 cm³/mol. The van der Waals surface area contributed by atoms with E-state index in [1.165, 1.54) is 0 Å². The Morgan fingerprint density at radius 3 is 1.96 bits per heavy atom. The number of methoxy groups -OCH3 is 3. The average molecular weight is 441 g/mol. The van der Waals surface area contributed by atoms with E-state index in [4.69, 9.17) is 18.9 Å². The van der Waals surface area contributed by atoms with Gasteiger partial charge in [0.2, 0.25) is 0 Å². The molecule has 144 valence electrons. The van der Waals surface area contributed by atoms with Crippen molar-refractivity contribution in [3.8, 4) is 23.0 Å². The van der Waals surface area contributed by atoms with Crippen molar-refractivity contribution in [3.63, 3.8) is 0 Å². The molecule has 3 aromatic carbocycles. The summed E-state index contributed by atoms with van der Waals surface area (Å²) in [4.78, 5) is 0. The molecule has 2 atom stereocenters. The molecule has 4 rings (SSSR count). The van der Waals surface area contributed by atoms with Gasteiger partial charge in [-0.25, -0.2) is 0 Å². The Balaban J connectivity index is 1.85. The summed E-state index contributed by atoms with van der Waals surface area (Å²) in [5.74, 6) is 3.22. The van der Waals surface area contributed by atoms with Gasteiger partial charge in [0, 0.05) is 16.1 Å². The van der Waals surface area contributed by atoms with Crippen LogP contribution in [0.15, 0.2) is 65.1 Å². The molecule has 0 radical (unpaired) electrons. The van der Waals surface area contributed by atoms with Gasteiger partial charge in [-0.2, -0.15) is 0 Å². The maximum absolute atomic E-state index is 6.39. The highest BCUT2D eigenvalue weighted by atomic mass is 79.9. The molecule has 4 nitrogen and oxygen atoms in total. The Bertz CT molecular complexity index is 962. The molecular formula is C23H21BrO4. The maximum Gasteiger partial charge on any atom is 0.135 e. The number of benzene rings is 3. The molecule has 0 fully saturated rings. The van der Waals surface area contributed by atoms with Gasteiger partial charge in [0.05, 0.1) is 27.2 Å². The molecular weight excluding hydrogens is 420 g/mol. The predicted octanol–water partition coefficient (Wildman–Crippen LogP) is 5.74. The van der Waals surface area contributed by atoms with Gasteiger partial charge in [0.1, 0.15) is 29.1 Å². The lowest BCUT2D eigenvalue weighted by atomic mass is 9.85. The second kappa shape index (κ2) is 7.76. The minimum absolute atomic E-state index is 0.00453. The molecule has 1 aliphatic heterocycles. The van der Waals surface area contributed by atoms with Crippen molar-refractivity contribution in [2.24, 2.45) is 0 Å². The molecule has 0 bridgehead atoms. The molecule has 0 amide bonds. The molecule has 0 aromatic heterocycles. The van der Waals surface area contributed by atoms with Crippen LogP contribution in [0.1, 0.15) is 28.7 Å². The zero-order chi connectivity index (χ0) is 19.7. The first kappa shape index (κ1) is 18.7. The first-order valence-corrected chi connectivity index (χ1v) is 9.75. The third-order valence-electron chi connectivity index (χ3n) is 5.04. The van der Waals surface area contributed by atoms with Gasteiger partial charge in [-0.1, -0.05) is 28.1 Å². The van der Waals surface area contributed by atoms with E-state index in [1.54, 1.807) is 21.3 Å². The highest BCUT2D eigenvalue weighted by molar-refractivity contribution is 9.10. The monoisotopic (exact) mass is 440 g/mol. The van der Waals surface area contributed by atoms with Crippen LogP contribution in [-0.4, -0.2) is 21.3 Å². The molecule has 3 aromatic rings. The molecule has 0 saturated heterocycles. The second-order valence-corrected chi connectivity index (χ2v) is 7.53. The van der Waals surface area contributed by atoms with Crippen LogP contribution in [0.5, 0.6) is 23.0 Å². The summed E-state index contributed by atoms with van der Waals surface area (Å²) in [6, 6.07) is 20.1. The van der Waals surface area contributed by atoms with Gasteiger partial charge in [-0.3, -0.25) is 0 Å². The average Bonchev–Trinajstić information content (AvgIpc) is 3.11. The topological polar surface area (TPSA) is 36.9 Å². The number of ether oxygens (including phenoxy) is 4. The van der Waals surface area contributed by atoms with Crippen molar-refractivity contribution < 1.29 is 18.9 Å². The third kappa shape index (κ3) is 3.42. The lowest BCUT2D eigenvalue weighted by Crippen LogP contribution is -2.11. The number of halogens is 1. The summed E-state index contributed by atoms with van der Waals surface area (Å²) in [5, 5.41) is 0. The van der Waals surface area contributed by atoms with E-state index >= 15 is 0 Å². The van der Waals surface area contributed by atoms with Crippen molar-refractivity contribution in [1.29, 1.82) is 0 Å². The van der Waals surface area contributed by atoms with E-state index in [9.17, 15) is 0 Å². The van der Waals surface area contributed by atoms with Gasteiger partial charge in [0.25, 0.3) is 0 Å². The quantitative estimate of drug-likeness (QED) is 0.506.